The third-order valence-corrected chi connectivity index (χ3v) is 3.51. The normalized spacial score (nSPS) is 13.6. The molecule has 0 aliphatic heterocycles. The zero-order valence-corrected chi connectivity index (χ0v) is 9.99. The topological polar surface area (TPSA) is 75.6 Å². The van der Waals surface area contributed by atoms with Gasteiger partial charge in [-0.2, -0.15) is 0 Å². The molecule has 16 heavy (non-hydrogen) atoms. The monoisotopic (exact) mass is 245 g/mol. The Morgan fingerprint density at radius 1 is 1.50 bits per heavy atom. The van der Waals surface area contributed by atoms with Crippen molar-refractivity contribution in [1.82, 2.24) is 4.72 Å². The number of hydrogen-bond donors (Lipinski definition) is 2. The Morgan fingerprint density at radius 3 is 2.75 bits per heavy atom. The summed E-state index contributed by atoms with van der Waals surface area (Å²) in [7, 11) is -2.07. The molecule has 1 atom stereocenters. The maximum Gasteiger partial charge on any atom is 0.240 e. The maximum absolute atomic E-state index is 11.7. The van der Waals surface area contributed by atoms with Crippen molar-refractivity contribution in [3.63, 3.8) is 0 Å². The van der Waals surface area contributed by atoms with Gasteiger partial charge in [-0.1, -0.05) is 6.07 Å². The molecule has 1 rings (SSSR count). The van der Waals surface area contributed by atoms with Gasteiger partial charge >= 0.3 is 0 Å². The van der Waals surface area contributed by atoms with Gasteiger partial charge in [0.05, 0.1) is 11.0 Å². The zero-order chi connectivity index (χ0) is 12.2. The van der Waals surface area contributed by atoms with Gasteiger partial charge in [-0.05, 0) is 25.1 Å². The predicted octanol–water partition coefficient (Wildman–Crippen LogP) is 0.705. The first-order chi connectivity index (χ1) is 7.45. The van der Waals surface area contributed by atoms with Crippen LogP contribution in [0.4, 0.5) is 0 Å². The van der Waals surface area contributed by atoms with Gasteiger partial charge in [-0.15, -0.1) is 0 Å². The van der Waals surface area contributed by atoms with Crippen LogP contribution >= 0.6 is 0 Å². The first-order valence-electron chi connectivity index (χ1n) is 4.77. The van der Waals surface area contributed by atoms with Crippen molar-refractivity contribution in [2.45, 2.75) is 17.9 Å². The summed E-state index contributed by atoms with van der Waals surface area (Å²) >= 11 is 0. The summed E-state index contributed by atoms with van der Waals surface area (Å²) in [5.74, 6) is -0.0809. The Hall–Kier alpha value is -1.11. The molecule has 0 heterocycles. The number of phenols is 1. The predicted molar refractivity (Wildman–Crippen MR) is 59.8 cm³/mol. The molecule has 1 aromatic carbocycles. The molecule has 90 valence electrons. The van der Waals surface area contributed by atoms with Crippen LogP contribution in [-0.2, 0) is 14.8 Å². The number of sulfonamides is 1. The van der Waals surface area contributed by atoms with Gasteiger partial charge in [0.1, 0.15) is 5.75 Å². The van der Waals surface area contributed by atoms with Crippen molar-refractivity contribution in [2.24, 2.45) is 0 Å². The number of nitrogens with one attached hydrogen (secondary N) is 1. The van der Waals surface area contributed by atoms with E-state index in [1.807, 2.05) is 0 Å². The highest BCUT2D eigenvalue weighted by Gasteiger charge is 2.15. The van der Waals surface area contributed by atoms with Crippen LogP contribution in [0.3, 0.4) is 0 Å². The molecule has 0 fully saturated rings. The Bertz CT molecular complexity index is 444. The average Bonchev–Trinajstić information content (AvgIpc) is 2.26. The second-order valence-corrected chi connectivity index (χ2v) is 5.16. The number of benzene rings is 1. The van der Waals surface area contributed by atoms with E-state index in [9.17, 15) is 13.5 Å². The Kier molecular flexibility index (Phi) is 4.28. The van der Waals surface area contributed by atoms with Gasteiger partial charge in [0.2, 0.25) is 10.0 Å². The fourth-order valence-corrected chi connectivity index (χ4v) is 2.20. The van der Waals surface area contributed by atoms with Crippen molar-refractivity contribution in [2.75, 3.05) is 13.7 Å². The molecule has 5 nitrogen and oxygen atoms in total. The highest BCUT2D eigenvalue weighted by molar-refractivity contribution is 7.89. The summed E-state index contributed by atoms with van der Waals surface area (Å²) in [5, 5.41) is 9.18. The fourth-order valence-electron chi connectivity index (χ4n) is 1.04. The van der Waals surface area contributed by atoms with E-state index in [-0.39, 0.29) is 23.3 Å². The second kappa shape index (κ2) is 5.29. The van der Waals surface area contributed by atoms with Gasteiger partial charge in [-0.25, -0.2) is 13.1 Å². The maximum atomic E-state index is 11.7. The fraction of sp³-hybridized carbons (Fsp3) is 0.400. The summed E-state index contributed by atoms with van der Waals surface area (Å²) in [6, 6.07) is 5.50. The Balaban J connectivity index is 2.78. The van der Waals surface area contributed by atoms with Crippen molar-refractivity contribution >= 4 is 10.0 Å². The molecule has 1 aromatic rings. The molecule has 0 saturated carbocycles. The summed E-state index contributed by atoms with van der Waals surface area (Å²) in [5.41, 5.74) is 0. The van der Waals surface area contributed by atoms with Gasteiger partial charge in [0, 0.05) is 13.7 Å². The van der Waals surface area contributed by atoms with Crippen LogP contribution in [0.15, 0.2) is 29.2 Å². The lowest BCUT2D eigenvalue weighted by molar-refractivity contribution is 0.122. The molecule has 0 aromatic heterocycles. The van der Waals surface area contributed by atoms with Gasteiger partial charge in [0.15, 0.2) is 0 Å². The molecule has 2 N–H and O–H groups in total. The van der Waals surface area contributed by atoms with E-state index >= 15 is 0 Å². The second-order valence-electron chi connectivity index (χ2n) is 3.40. The van der Waals surface area contributed by atoms with Crippen molar-refractivity contribution < 1.29 is 18.3 Å². The number of rotatable bonds is 5. The lowest BCUT2D eigenvalue weighted by Gasteiger charge is -2.11. The third-order valence-electron chi connectivity index (χ3n) is 2.09. The van der Waals surface area contributed by atoms with Crippen LogP contribution in [0.2, 0.25) is 0 Å². The molecule has 6 heteroatoms. The molecule has 1 unspecified atom stereocenters. The summed E-state index contributed by atoms with van der Waals surface area (Å²) in [6.07, 6.45) is -0.202. The number of ether oxygens (including phenoxy) is 1. The average molecular weight is 245 g/mol. The first-order valence-corrected chi connectivity index (χ1v) is 6.25. The van der Waals surface area contributed by atoms with E-state index in [2.05, 4.69) is 4.72 Å². The minimum absolute atomic E-state index is 0.0378. The molecular formula is C10H15NO4S. The molecule has 0 spiro atoms. The van der Waals surface area contributed by atoms with Gasteiger partial charge in [0.25, 0.3) is 0 Å². The number of methoxy groups -OCH3 is 1. The lowest BCUT2D eigenvalue weighted by Crippen LogP contribution is -2.31. The quantitative estimate of drug-likeness (QED) is 0.801. The van der Waals surface area contributed by atoms with E-state index in [0.29, 0.717) is 0 Å². The lowest BCUT2D eigenvalue weighted by atomic mass is 10.3. The molecule has 0 aliphatic carbocycles. The molecular weight excluding hydrogens is 230 g/mol. The largest absolute Gasteiger partial charge is 0.508 e. The van der Waals surface area contributed by atoms with E-state index in [0.717, 1.165) is 0 Å². The standard InChI is InChI=1S/C10H15NO4S/c1-8(15-2)7-11-16(13,14)10-5-3-4-9(12)6-10/h3-6,8,11-12H,7H2,1-2H3. The summed E-state index contributed by atoms with van der Waals surface area (Å²) < 4.78 is 30.8. The zero-order valence-electron chi connectivity index (χ0n) is 9.17. The van der Waals surface area contributed by atoms with Crippen LogP contribution in [0.5, 0.6) is 5.75 Å². The van der Waals surface area contributed by atoms with Crippen LogP contribution in [0, 0.1) is 0 Å². The van der Waals surface area contributed by atoms with E-state index < -0.39 is 10.0 Å². The molecule has 0 bridgehead atoms. The minimum atomic E-state index is -3.58. The first kappa shape index (κ1) is 13.0. The molecule has 0 saturated heterocycles. The minimum Gasteiger partial charge on any atom is -0.508 e. The van der Waals surface area contributed by atoms with Crippen LogP contribution in [-0.4, -0.2) is 33.3 Å². The Labute approximate surface area is 95.1 Å². The smallest absolute Gasteiger partial charge is 0.240 e. The van der Waals surface area contributed by atoms with Crippen molar-refractivity contribution in [3.05, 3.63) is 24.3 Å². The molecule has 0 radical (unpaired) electrons. The number of phenolic OH excluding ortho intramolecular Hbond substituents is 1. The number of hydrogen-bond acceptors (Lipinski definition) is 4. The SMILES string of the molecule is COC(C)CNS(=O)(=O)c1cccc(O)c1. The van der Waals surface area contributed by atoms with Crippen molar-refractivity contribution in [3.8, 4) is 5.75 Å². The van der Waals surface area contributed by atoms with Gasteiger partial charge < -0.3 is 9.84 Å². The van der Waals surface area contributed by atoms with Crippen LogP contribution < -0.4 is 4.72 Å². The highest BCUT2D eigenvalue weighted by atomic mass is 32.2. The van der Waals surface area contributed by atoms with E-state index in [4.69, 9.17) is 4.74 Å². The third kappa shape index (κ3) is 3.48. The van der Waals surface area contributed by atoms with E-state index in [1.54, 1.807) is 6.92 Å². The van der Waals surface area contributed by atoms with Gasteiger partial charge in [-0.3, -0.25) is 0 Å². The van der Waals surface area contributed by atoms with Crippen LogP contribution in [0.25, 0.3) is 0 Å². The molecule has 0 amide bonds. The number of aromatic hydroxyl groups is 1. The van der Waals surface area contributed by atoms with E-state index in [1.165, 1.54) is 31.4 Å². The summed E-state index contributed by atoms with van der Waals surface area (Å²) in [4.78, 5) is 0.0378. The summed E-state index contributed by atoms with van der Waals surface area (Å²) in [6.45, 7) is 1.94. The Morgan fingerprint density at radius 2 is 2.19 bits per heavy atom. The van der Waals surface area contributed by atoms with Crippen molar-refractivity contribution in [1.29, 1.82) is 0 Å². The van der Waals surface area contributed by atoms with Crippen LogP contribution in [0.1, 0.15) is 6.92 Å². The molecule has 0 aliphatic rings. The highest BCUT2D eigenvalue weighted by Crippen LogP contribution is 2.15.